The average Bonchev–Trinajstić information content (AvgIpc) is 3.40. The summed E-state index contributed by atoms with van der Waals surface area (Å²) in [6.07, 6.45) is 2.49. The van der Waals surface area contributed by atoms with Crippen molar-refractivity contribution in [3.05, 3.63) is 58.7 Å². The minimum absolute atomic E-state index is 0.0213. The van der Waals surface area contributed by atoms with Crippen LogP contribution < -0.4 is 10.6 Å². The molecule has 2 aromatic rings. The van der Waals surface area contributed by atoms with Gasteiger partial charge >= 0.3 is 0 Å². The molecule has 1 fully saturated rings. The Morgan fingerprint density at radius 1 is 1.33 bits per heavy atom. The third kappa shape index (κ3) is 3.84. The van der Waals surface area contributed by atoms with Crippen LogP contribution in [0.25, 0.3) is 0 Å². The van der Waals surface area contributed by atoms with Gasteiger partial charge in [0.15, 0.2) is 0 Å². The summed E-state index contributed by atoms with van der Waals surface area (Å²) in [4.78, 5) is 16.3. The van der Waals surface area contributed by atoms with E-state index < -0.39 is 0 Å². The summed E-state index contributed by atoms with van der Waals surface area (Å²) in [6.45, 7) is 1.00. The lowest BCUT2D eigenvalue weighted by molar-refractivity contribution is -0.122. The maximum Gasteiger partial charge on any atom is 0.223 e. The molecule has 122 valence electrons. The lowest BCUT2D eigenvalue weighted by Gasteiger charge is -2.08. The fourth-order valence-electron chi connectivity index (χ4n) is 2.72. The third-order valence-corrected chi connectivity index (χ3v) is 4.28. The van der Waals surface area contributed by atoms with Crippen molar-refractivity contribution >= 4 is 23.3 Å². The molecule has 6 heteroatoms. The van der Waals surface area contributed by atoms with Crippen molar-refractivity contribution in [3.8, 4) is 6.07 Å². The molecule has 0 radical (unpaired) electrons. The van der Waals surface area contributed by atoms with E-state index in [1.165, 1.54) is 0 Å². The van der Waals surface area contributed by atoms with E-state index in [4.69, 9.17) is 16.9 Å². The molecule has 2 N–H and O–H groups in total. The van der Waals surface area contributed by atoms with Gasteiger partial charge in [0.25, 0.3) is 0 Å². The van der Waals surface area contributed by atoms with Crippen molar-refractivity contribution in [1.82, 2.24) is 10.3 Å². The first kappa shape index (κ1) is 16.3. The molecule has 24 heavy (non-hydrogen) atoms. The number of hydrogen-bond acceptors (Lipinski definition) is 4. The monoisotopic (exact) mass is 340 g/mol. The van der Waals surface area contributed by atoms with Gasteiger partial charge in [0, 0.05) is 30.2 Å². The number of nitriles is 1. The summed E-state index contributed by atoms with van der Waals surface area (Å²) in [5, 5.41) is 15.7. The second-order valence-corrected chi connectivity index (χ2v) is 6.17. The number of anilines is 1. The molecule has 3 rings (SSSR count). The van der Waals surface area contributed by atoms with Crippen molar-refractivity contribution in [1.29, 1.82) is 5.26 Å². The number of aromatic nitrogens is 1. The Hall–Kier alpha value is -2.58. The van der Waals surface area contributed by atoms with Crippen LogP contribution in [0.3, 0.4) is 0 Å². The largest absolute Gasteiger partial charge is 0.367 e. The van der Waals surface area contributed by atoms with Gasteiger partial charge in [-0.2, -0.15) is 5.26 Å². The lowest BCUT2D eigenvalue weighted by Crippen LogP contribution is -2.30. The van der Waals surface area contributed by atoms with Crippen LogP contribution in [0.5, 0.6) is 0 Å². The predicted molar refractivity (Wildman–Crippen MR) is 92.8 cm³/mol. The highest BCUT2D eigenvalue weighted by Crippen LogP contribution is 2.47. The number of rotatable bonds is 6. The third-order valence-electron chi connectivity index (χ3n) is 4.05. The van der Waals surface area contributed by atoms with E-state index in [9.17, 15) is 4.79 Å². The second kappa shape index (κ2) is 7.33. The van der Waals surface area contributed by atoms with E-state index in [0.717, 1.165) is 12.0 Å². The Morgan fingerprint density at radius 3 is 3.00 bits per heavy atom. The molecule has 1 saturated carbocycles. The molecular weight excluding hydrogens is 324 g/mol. The van der Waals surface area contributed by atoms with Gasteiger partial charge in [-0.15, -0.1) is 0 Å². The summed E-state index contributed by atoms with van der Waals surface area (Å²) in [6, 6.07) is 13.2. The minimum Gasteiger partial charge on any atom is -0.367 e. The molecule has 0 spiro atoms. The zero-order valence-electron chi connectivity index (χ0n) is 13.0. The molecule has 5 nitrogen and oxygen atoms in total. The number of halogens is 1. The SMILES string of the molecule is N#Cc1cccnc1NCCNC(=O)[C@@H]1C[C@H]1c1cccc(Cl)c1. The summed E-state index contributed by atoms with van der Waals surface area (Å²) < 4.78 is 0. The van der Waals surface area contributed by atoms with Crippen LogP contribution in [0, 0.1) is 17.2 Å². The zero-order valence-corrected chi connectivity index (χ0v) is 13.8. The second-order valence-electron chi connectivity index (χ2n) is 5.73. The standard InChI is InChI=1S/C18H17ClN4O/c19-14-5-1-3-12(9-14)15-10-16(15)18(24)23-8-7-22-17-13(11-20)4-2-6-21-17/h1-6,9,15-16H,7-8,10H2,(H,21,22)(H,23,24)/t15-,16+/m0/s1. The van der Waals surface area contributed by atoms with Crippen LogP contribution in [0.4, 0.5) is 5.82 Å². The first-order valence-corrected chi connectivity index (χ1v) is 8.19. The van der Waals surface area contributed by atoms with Gasteiger partial charge < -0.3 is 10.6 Å². The molecule has 0 saturated heterocycles. The van der Waals surface area contributed by atoms with Crippen molar-refractivity contribution in [2.75, 3.05) is 18.4 Å². The molecule has 0 aliphatic heterocycles. The minimum atomic E-state index is 0.0213. The Kier molecular flexibility index (Phi) is 4.97. The molecule has 1 aromatic carbocycles. The number of pyridine rings is 1. The summed E-state index contributed by atoms with van der Waals surface area (Å²) in [5.74, 6) is 0.881. The fraction of sp³-hybridized carbons (Fsp3) is 0.278. The van der Waals surface area contributed by atoms with E-state index in [1.54, 1.807) is 18.3 Å². The molecule has 0 bridgehead atoms. The fourth-order valence-corrected chi connectivity index (χ4v) is 2.92. The highest BCUT2D eigenvalue weighted by Gasteiger charge is 2.43. The summed E-state index contributed by atoms with van der Waals surface area (Å²) in [5.41, 5.74) is 1.61. The number of hydrogen-bond donors (Lipinski definition) is 2. The van der Waals surface area contributed by atoms with Crippen LogP contribution in [-0.4, -0.2) is 24.0 Å². The Balaban J connectivity index is 1.43. The molecule has 0 unspecified atom stereocenters. The highest BCUT2D eigenvalue weighted by atomic mass is 35.5. The van der Waals surface area contributed by atoms with Crippen LogP contribution in [-0.2, 0) is 4.79 Å². The normalized spacial score (nSPS) is 18.5. The lowest BCUT2D eigenvalue weighted by atomic mass is 10.1. The van der Waals surface area contributed by atoms with Crippen LogP contribution in [0.1, 0.15) is 23.5 Å². The highest BCUT2D eigenvalue weighted by molar-refractivity contribution is 6.30. The van der Waals surface area contributed by atoms with Gasteiger partial charge in [-0.3, -0.25) is 4.79 Å². The van der Waals surface area contributed by atoms with E-state index in [2.05, 4.69) is 21.7 Å². The maximum atomic E-state index is 12.2. The van der Waals surface area contributed by atoms with E-state index in [0.29, 0.717) is 29.5 Å². The Morgan fingerprint density at radius 2 is 2.21 bits per heavy atom. The average molecular weight is 341 g/mol. The van der Waals surface area contributed by atoms with E-state index in [1.807, 2.05) is 24.3 Å². The topological polar surface area (TPSA) is 77.8 Å². The van der Waals surface area contributed by atoms with Gasteiger partial charge in [0.1, 0.15) is 11.9 Å². The van der Waals surface area contributed by atoms with E-state index >= 15 is 0 Å². The molecule has 1 aliphatic rings. The first-order valence-electron chi connectivity index (χ1n) is 7.81. The van der Waals surface area contributed by atoms with Crippen molar-refractivity contribution in [3.63, 3.8) is 0 Å². The Bertz CT molecular complexity index is 787. The molecular formula is C18H17ClN4O. The number of benzene rings is 1. The van der Waals surface area contributed by atoms with Gasteiger partial charge in [0.05, 0.1) is 5.56 Å². The number of amides is 1. The molecule has 1 amide bonds. The number of carbonyl (C=O) groups excluding carboxylic acids is 1. The molecule has 1 aliphatic carbocycles. The van der Waals surface area contributed by atoms with Crippen molar-refractivity contribution in [2.24, 2.45) is 5.92 Å². The number of nitrogens with one attached hydrogen (secondary N) is 2. The zero-order chi connectivity index (χ0) is 16.9. The summed E-state index contributed by atoms with van der Waals surface area (Å²) in [7, 11) is 0. The number of carbonyl (C=O) groups is 1. The molecule has 2 atom stereocenters. The quantitative estimate of drug-likeness (QED) is 0.792. The van der Waals surface area contributed by atoms with Crippen molar-refractivity contribution < 1.29 is 4.79 Å². The van der Waals surface area contributed by atoms with Gasteiger partial charge in [-0.25, -0.2) is 4.98 Å². The predicted octanol–water partition coefficient (Wildman–Crippen LogP) is 2.94. The van der Waals surface area contributed by atoms with Crippen molar-refractivity contribution in [2.45, 2.75) is 12.3 Å². The first-order chi connectivity index (χ1) is 11.7. The Labute approximate surface area is 145 Å². The summed E-state index contributed by atoms with van der Waals surface area (Å²) >= 11 is 5.99. The molecule has 1 aromatic heterocycles. The van der Waals surface area contributed by atoms with Crippen LogP contribution in [0.2, 0.25) is 5.02 Å². The molecule has 1 heterocycles. The van der Waals surface area contributed by atoms with Gasteiger partial charge in [-0.1, -0.05) is 23.7 Å². The van der Waals surface area contributed by atoms with E-state index in [-0.39, 0.29) is 17.7 Å². The maximum absolute atomic E-state index is 12.2. The van der Waals surface area contributed by atoms with Gasteiger partial charge in [-0.05, 0) is 42.2 Å². The number of nitrogens with zero attached hydrogens (tertiary/aromatic N) is 2. The van der Waals surface area contributed by atoms with Crippen LogP contribution >= 0.6 is 11.6 Å². The van der Waals surface area contributed by atoms with Crippen LogP contribution in [0.15, 0.2) is 42.6 Å². The van der Waals surface area contributed by atoms with Gasteiger partial charge in [0.2, 0.25) is 5.91 Å². The smallest absolute Gasteiger partial charge is 0.223 e.